The van der Waals surface area contributed by atoms with E-state index in [1.807, 2.05) is 47.9 Å². The Labute approximate surface area is 111 Å². The predicted octanol–water partition coefficient (Wildman–Crippen LogP) is 2.50. The van der Waals surface area contributed by atoms with E-state index in [9.17, 15) is 0 Å². The molecule has 1 aromatic carbocycles. The number of aliphatic imine (C=N–C) groups is 1. The van der Waals surface area contributed by atoms with Crippen LogP contribution in [-0.4, -0.2) is 22.6 Å². The van der Waals surface area contributed by atoms with E-state index in [1.165, 1.54) is 6.40 Å². The Kier molecular flexibility index (Phi) is 4.29. The average molecular weight is 254 g/mol. The minimum atomic E-state index is 0.298. The van der Waals surface area contributed by atoms with Crippen LogP contribution in [0.1, 0.15) is 18.2 Å². The Bertz CT molecular complexity index is 596. The van der Waals surface area contributed by atoms with Gasteiger partial charge in [-0.25, -0.2) is 4.98 Å². The predicted molar refractivity (Wildman–Crippen MR) is 72.3 cm³/mol. The molecule has 0 aliphatic carbocycles. The van der Waals surface area contributed by atoms with Crippen LogP contribution >= 0.6 is 0 Å². The number of benzene rings is 1. The smallest absolute Gasteiger partial charge is 0.185 e. The van der Waals surface area contributed by atoms with Crippen LogP contribution in [0.2, 0.25) is 0 Å². The van der Waals surface area contributed by atoms with Crippen LogP contribution in [0.15, 0.2) is 41.7 Å². The molecule has 0 unspecified atom stereocenters. The Hall–Kier alpha value is -2.61. The van der Waals surface area contributed by atoms with Crippen molar-refractivity contribution in [2.75, 3.05) is 6.61 Å². The highest BCUT2D eigenvalue weighted by Gasteiger charge is 2.09. The molecule has 0 fully saturated rings. The SMILES string of the molecule is CCO/C=N\c1c(C#N)ncn1Cc1ccccc1. The van der Waals surface area contributed by atoms with Gasteiger partial charge in [0.25, 0.3) is 0 Å². The number of hydrogen-bond acceptors (Lipinski definition) is 4. The van der Waals surface area contributed by atoms with Crippen LogP contribution in [0.25, 0.3) is 0 Å². The summed E-state index contributed by atoms with van der Waals surface area (Å²) in [7, 11) is 0. The zero-order chi connectivity index (χ0) is 13.5. The lowest BCUT2D eigenvalue weighted by Crippen LogP contribution is -1.98. The first-order valence-corrected chi connectivity index (χ1v) is 5.98. The molecule has 0 amide bonds. The summed E-state index contributed by atoms with van der Waals surface area (Å²) in [5, 5.41) is 9.01. The van der Waals surface area contributed by atoms with E-state index in [-0.39, 0.29) is 0 Å². The topological polar surface area (TPSA) is 63.2 Å². The monoisotopic (exact) mass is 254 g/mol. The van der Waals surface area contributed by atoms with Gasteiger partial charge >= 0.3 is 0 Å². The third-order valence-electron chi connectivity index (χ3n) is 2.53. The number of aromatic nitrogens is 2. The van der Waals surface area contributed by atoms with Crippen molar-refractivity contribution in [2.45, 2.75) is 13.5 Å². The van der Waals surface area contributed by atoms with E-state index in [4.69, 9.17) is 10.00 Å². The van der Waals surface area contributed by atoms with Gasteiger partial charge in [-0.05, 0) is 12.5 Å². The molecule has 1 heterocycles. The van der Waals surface area contributed by atoms with E-state index in [0.717, 1.165) is 5.56 Å². The van der Waals surface area contributed by atoms with Crippen LogP contribution in [0.5, 0.6) is 0 Å². The van der Waals surface area contributed by atoms with Gasteiger partial charge in [0.05, 0.1) is 19.5 Å². The molecule has 0 saturated carbocycles. The van der Waals surface area contributed by atoms with Crippen molar-refractivity contribution in [3.8, 4) is 6.07 Å². The minimum Gasteiger partial charge on any atom is -0.483 e. The molecule has 0 N–H and O–H groups in total. The summed E-state index contributed by atoms with van der Waals surface area (Å²) in [6, 6.07) is 12.0. The largest absolute Gasteiger partial charge is 0.483 e. The fourth-order valence-corrected chi connectivity index (χ4v) is 1.65. The second-order valence-electron chi connectivity index (χ2n) is 3.83. The van der Waals surface area contributed by atoms with Gasteiger partial charge in [-0.1, -0.05) is 30.3 Å². The first kappa shape index (κ1) is 12.8. The van der Waals surface area contributed by atoms with Crippen molar-refractivity contribution < 1.29 is 4.74 Å². The first-order valence-electron chi connectivity index (χ1n) is 5.98. The highest BCUT2D eigenvalue weighted by atomic mass is 16.5. The highest BCUT2D eigenvalue weighted by Crippen LogP contribution is 2.18. The third kappa shape index (κ3) is 3.19. The van der Waals surface area contributed by atoms with Crippen molar-refractivity contribution in [1.82, 2.24) is 9.55 Å². The van der Waals surface area contributed by atoms with E-state index in [2.05, 4.69) is 9.98 Å². The molecule has 1 aromatic heterocycles. The van der Waals surface area contributed by atoms with Gasteiger partial charge in [0.1, 0.15) is 6.07 Å². The number of nitriles is 1. The maximum atomic E-state index is 9.01. The van der Waals surface area contributed by atoms with Crippen molar-refractivity contribution in [2.24, 2.45) is 4.99 Å². The van der Waals surface area contributed by atoms with Gasteiger partial charge in [-0.2, -0.15) is 10.3 Å². The highest BCUT2D eigenvalue weighted by molar-refractivity contribution is 5.57. The van der Waals surface area contributed by atoms with Crippen LogP contribution in [0, 0.1) is 11.3 Å². The standard InChI is InChI=1S/C14H14N4O/c1-2-19-11-17-14-13(8-15)16-10-18(14)9-12-6-4-3-5-7-12/h3-7,10-11H,2,9H2,1H3/b17-11-. The lowest BCUT2D eigenvalue weighted by Gasteiger charge is -2.04. The van der Waals surface area contributed by atoms with E-state index >= 15 is 0 Å². The van der Waals surface area contributed by atoms with Crippen LogP contribution in [-0.2, 0) is 11.3 Å². The molecule has 0 aliphatic rings. The summed E-state index contributed by atoms with van der Waals surface area (Å²) >= 11 is 0. The molecule has 0 bridgehead atoms. The van der Waals surface area contributed by atoms with Gasteiger partial charge in [0.2, 0.25) is 0 Å². The number of hydrogen-bond donors (Lipinski definition) is 0. The molecule has 96 valence electrons. The van der Waals surface area contributed by atoms with E-state index in [1.54, 1.807) is 6.33 Å². The molecule has 0 radical (unpaired) electrons. The lowest BCUT2D eigenvalue weighted by atomic mass is 10.2. The zero-order valence-electron chi connectivity index (χ0n) is 10.7. The van der Waals surface area contributed by atoms with Crippen molar-refractivity contribution in [1.29, 1.82) is 5.26 Å². The lowest BCUT2D eigenvalue weighted by molar-refractivity contribution is 0.343. The van der Waals surface area contributed by atoms with Gasteiger partial charge < -0.3 is 9.30 Å². The minimum absolute atomic E-state index is 0.298. The number of rotatable bonds is 5. The van der Waals surface area contributed by atoms with Crippen LogP contribution in [0.3, 0.4) is 0 Å². The molecule has 2 rings (SSSR count). The quantitative estimate of drug-likeness (QED) is 0.608. The van der Waals surface area contributed by atoms with Gasteiger partial charge in [0, 0.05) is 0 Å². The van der Waals surface area contributed by atoms with Crippen LogP contribution < -0.4 is 0 Å². The molecule has 19 heavy (non-hydrogen) atoms. The summed E-state index contributed by atoms with van der Waals surface area (Å²) in [5.74, 6) is 0.514. The van der Waals surface area contributed by atoms with E-state index in [0.29, 0.717) is 24.7 Å². The fraction of sp³-hybridized carbons (Fsp3) is 0.214. The molecular formula is C14H14N4O. The molecule has 5 nitrogen and oxygen atoms in total. The number of imidazole rings is 1. The van der Waals surface area contributed by atoms with Crippen molar-refractivity contribution >= 4 is 12.2 Å². The maximum absolute atomic E-state index is 9.01. The summed E-state index contributed by atoms with van der Waals surface area (Å²) in [6.45, 7) is 3.03. The normalized spacial score (nSPS) is 10.5. The summed E-state index contributed by atoms with van der Waals surface area (Å²) < 4.78 is 6.89. The summed E-state index contributed by atoms with van der Waals surface area (Å²) in [5.41, 5.74) is 1.42. The zero-order valence-corrected chi connectivity index (χ0v) is 10.7. The first-order chi connectivity index (χ1) is 9.35. The van der Waals surface area contributed by atoms with Gasteiger partial charge in [-0.15, -0.1) is 0 Å². The van der Waals surface area contributed by atoms with E-state index < -0.39 is 0 Å². The van der Waals surface area contributed by atoms with Gasteiger partial charge in [0.15, 0.2) is 17.9 Å². The third-order valence-corrected chi connectivity index (χ3v) is 2.53. The Morgan fingerprint density at radius 1 is 1.42 bits per heavy atom. The second kappa shape index (κ2) is 6.36. The Morgan fingerprint density at radius 3 is 2.89 bits per heavy atom. The molecular weight excluding hydrogens is 240 g/mol. The Balaban J connectivity index is 2.26. The van der Waals surface area contributed by atoms with Crippen molar-refractivity contribution in [3.05, 3.63) is 47.9 Å². The maximum Gasteiger partial charge on any atom is 0.185 e. The fourth-order valence-electron chi connectivity index (χ4n) is 1.65. The van der Waals surface area contributed by atoms with Crippen molar-refractivity contribution in [3.63, 3.8) is 0 Å². The average Bonchev–Trinajstić information content (AvgIpc) is 2.83. The number of ether oxygens (including phenoxy) is 1. The number of nitrogens with zero attached hydrogens (tertiary/aromatic N) is 4. The molecule has 0 saturated heterocycles. The second-order valence-corrected chi connectivity index (χ2v) is 3.83. The summed E-state index contributed by atoms with van der Waals surface area (Å²) in [4.78, 5) is 8.20. The Morgan fingerprint density at radius 2 is 2.21 bits per heavy atom. The molecule has 0 aliphatic heterocycles. The molecule has 5 heteroatoms. The molecule has 0 atom stereocenters. The molecule has 2 aromatic rings. The molecule has 0 spiro atoms. The van der Waals surface area contributed by atoms with Gasteiger partial charge in [-0.3, -0.25) is 0 Å². The van der Waals surface area contributed by atoms with Crippen LogP contribution in [0.4, 0.5) is 5.82 Å². The summed E-state index contributed by atoms with van der Waals surface area (Å²) in [6.07, 6.45) is 2.96.